The van der Waals surface area contributed by atoms with E-state index in [0.29, 0.717) is 17.8 Å². The monoisotopic (exact) mass is 313 g/mol. The molecular weight excluding hydrogens is 302 g/mol. The van der Waals surface area contributed by atoms with Crippen molar-refractivity contribution in [2.45, 2.75) is 20.3 Å². The van der Waals surface area contributed by atoms with Crippen LogP contribution in [0.15, 0.2) is 15.5 Å². The second kappa shape index (κ2) is 4.93. The summed E-state index contributed by atoms with van der Waals surface area (Å²) in [5, 5.41) is 2.88. The Kier molecular flexibility index (Phi) is 3.51. The van der Waals surface area contributed by atoms with Crippen molar-refractivity contribution in [3.8, 4) is 0 Å². The summed E-state index contributed by atoms with van der Waals surface area (Å²) in [7, 11) is 0. The molecule has 0 saturated carbocycles. The van der Waals surface area contributed by atoms with Crippen molar-refractivity contribution >= 4 is 27.5 Å². The van der Waals surface area contributed by atoms with Crippen LogP contribution >= 0.6 is 15.9 Å². The fourth-order valence-electron chi connectivity index (χ4n) is 1.62. The molecule has 96 valence electrons. The van der Waals surface area contributed by atoms with E-state index in [1.165, 1.54) is 10.7 Å². The van der Waals surface area contributed by atoms with E-state index < -0.39 is 5.97 Å². The first-order chi connectivity index (χ1) is 8.54. The van der Waals surface area contributed by atoms with Crippen LogP contribution in [0.4, 0.5) is 0 Å². The van der Waals surface area contributed by atoms with Gasteiger partial charge >= 0.3 is 5.97 Å². The topological polar surface area (TPSA) is 76.5 Å². The molecule has 0 unspecified atom stereocenters. The summed E-state index contributed by atoms with van der Waals surface area (Å²) in [6, 6.07) is 0. The van der Waals surface area contributed by atoms with Gasteiger partial charge in [0.15, 0.2) is 5.65 Å². The third-order valence-electron chi connectivity index (χ3n) is 2.48. The highest BCUT2D eigenvalue weighted by atomic mass is 79.9. The maximum atomic E-state index is 12.1. The molecule has 0 aromatic carbocycles. The van der Waals surface area contributed by atoms with E-state index in [0.717, 1.165) is 10.2 Å². The zero-order valence-corrected chi connectivity index (χ0v) is 11.6. The molecule has 0 atom stereocenters. The van der Waals surface area contributed by atoms with Crippen LogP contribution < -0.4 is 5.56 Å². The number of nitrogens with zero attached hydrogens (tertiary/aromatic N) is 2. The Morgan fingerprint density at radius 2 is 2.33 bits per heavy atom. The quantitative estimate of drug-likeness (QED) is 0.864. The van der Waals surface area contributed by atoms with Crippen molar-refractivity contribution in [1.82, 2.24) is 14.6 Å². The van der Waals surface area contributed by atoms with E-state index in [9.17, 15) is 9.59 Å². The normalized spacial score (nSPS) is 10.8. The Morgan fingerprint density at radius 3 is 3.00 bits per heavy atom. The van der Waals surface area contributed by atoms with E-state index in [4.69, 9.17) is 4.74 Å². The van der Waals surface area contributed by atoms with Crippen molar-refractivity contribution in [1.29, 1.82) is 0 Å². The number of fused-ring (bicyclic) bond motifs is 1. The summed E-state index contributed by atoms with van der Waals surface area (Å²) in [5.74, 6) is -0.432. The van der Waals surface area contributed by atoms with Gasteiger partial charge in [-0.2, -0.15) is 0 Å². The van der Waals surface area contributed by atoms with Crippen LogP contribution in [0.25, 0.3) is 5.65 Å². The van der Waals surface area contributed by atoms with Crippen LogP contribution in [0.3, 0.4) is 0 Å². The number of carbonyl (C=O) groups is 1. The van der Waals surface area contributed by atoms with Crippen LogP contribution in [0.2, 0.25) is 0 Å². The average Bonchev–Trinajstić information content (AvgIpc) is 2.61. The number of esters is 1. The highest BCUT2D eigenvalue weighted by molar-refractivity contribution is 9.10. The first-order valence-corrected chi connectivity index (χ1v) is 6.24. The molecule has 0 radical (unpaired) electrons. The number of aromatic amines is 1. The number of aromatic nitrogens is 3. The van der Waals surface area contributed by atoms with E-state index in [1.54, 1.807) is 6.92 Å². The van der Waals surface area contributed by atoms with Gasteiger partial charge in [-0.05, 0) is 29.8 Å². The lowest BCUT2D eigenvalue weighted by Crippen LogP contribution is -2.22. The lowest BCUT2D eigenvalue weighted by atomic mass is 10.2. The Balaban J connectivity index is 2.46. The molecule has 18 heavy (non-hydrogen) atoms. The molecule has 0 spiro atoms. The van der Waals surface area contributed by atoms with E-state index >= 15 is 0 Å². The Hall–Kier alpha value is -1.63. The predicted octanol–water partition coefficient (Wildman–Crippen LogP) is 1.20. The van der Waals surface area contributed by atoms with Crippen LogP contribution in [0, 0.1) is 6.92 Å². The fourth-order valence-corrected chi connectivity index (χ4v) is 1.99. The third kappa shape index (κ3) is 2.17. The maximum absolute atomic E-state index is 12.1. The second-order valence-corrected chi connectivity index (χ2v) is 4.57. The molecule has 0 fully saturated rings. The number of hydrogen-bond acceptors (Lipinski definition) is 4. The van der Waals surface area contributed by atoms with Crippen LogP contribution in [0.5, 0.6) is 0 Å². The smallest absolute Gasteiger partial charge is 0.310 e. The molecule has 1 N–H and O–H groups in total. The molecule has 0 aliphatic carbocycles. The van der Waals surface area contributed by atoms with E-state index in [1.807, 2.05) is 6.92 Å². The summed E-state index contributed by atoms with van der Waals surface area (Å²) in [5.41, 5.74) is 1.32. The molecule has 2 rings (SSSR count). The summed E-state index contributed by atoms with van der Waals surface area (Å²) in [6.07, 6.45) is 1.34. The minimum Gasteiger partial charge on any atom is -0.466 e. The fraction of sp³-hybridized carbons (Fsp3) is 0.364. The maximum Gasteiger partial charge on any atom is 0.310 e. The highest BCUT2D eigenvalue weighted by Gasteiger charge is 2.14. The van der Waals surface area contributed by atoms with Gasteiger partial charge in [-0.3, -0.25) is 14.7 Å². The number of aryl methyl sites for hydroxylation is 1. The molecule has 2 aromatic heterocycles. The van der Waals surface area contributed by atoms with Crippen molar-refractivity contribution in [3.63, 3.8) is 0 Å². The molecule has 0 amide bonds. The number of rotatable bonds is 3. The van der Waals surface area contributed by atoms with Gasteiger partial charge in [-0.25, -0.2) is 9.50 Å². The average molecular weight is 314 g/mol. The number of carbonyl (C=O) groups excluding carboxylic acids is 1. The van der Waals surface area contributed by atoms with Gasteiger partial charge in [0.2, 0.25) is 0 Å². The van der Waals surface area contributed by atoms with Crippen LogP contribution in [-0.2, 0) is 16.0 Å². The number of halogens is 1. The van der Waals surface area contributed by atoms with Gasteiger partial charge in [0.25, 0.3) is 5.56 Å². The number of H-pyrrole nitrogens is 1. The summed E-state index contributed by atoms with van der Waals surface area (Å²) < 4.78 is 6.86. The SMILES string of the molecule is CCOC(=O)Cc1cnc2c(Br)c(C)[nH]n2c1=O. The molecule has 2 heterocycles. The lowest BCUT2D eigenvalue weighted by Gasteiger charge is -2.01. The van der Waals surface area contributed by atoms with Gasteiger partial charge in [0.1, 0.15) is 0 Å². The number of hydrogen-bond donors (Lipinski definition) is 1. The number of nitrogens with one attached hydrogen (secondary N) is 1. The first kappa shape index (κ1) is 12.8. The van der Waals surface area contributed by atoms with Gasteiger partial charge in [-0.15, -0.1) is 0 Å². The lowest BCUT2D eigenvalue weighted by molar-refractivity contribution is -0.142. The Morgan fingerprint density at radius 1 is 1.61 bits per heavy atom. The predicted molar refractivity (Wildman–Crippen MR) is 68.6 cm³/mol. The standard InChI is InChI=1S/C11H12BrN3O3/c1-3-18-8(16)4-7-5-13-10-9(12)6(2)14-15(10)11(7)17/h5,14H,3-4H2,1-2H3. The first-order valence-electron chi connectivity index (χ1n) is 5.45. The molecular formula is C11H12BrN3O3. The molecule has 0 aliphatic heterocycles. The third-order valence-corrected chi connectivity index (χ3v) is 3.43. The molecule has 2 aromatic rings. The summed E-state index contributed by atoms with van der Waals surface area (Å²) in [6.45, 7) is 3.84. The second-order valence-electron chi connectivity index (χ2n) is 3.78. The zero-order valence-electron chi connectivity index (χ0n) is 9.99. The zero-order chi connectivity index (χ0) is 13.3. The molecule has 7 heteroatoms. The van der Waals surface area contributed by atoms with Crippen LogP contribution in [-0.4, -0.2) is 27.2 Å². The highest BCUT2D eigenvalue weighted by Crippen LogP contribution is 2.18. The van der Waals surface area contributed by atoms with Crippen molar-refractivity contribution in [2.24, 2.45) is 0 Å². The molecule has 6 nitrogen and oxygen atoms in total. The minimum absolute atomic E-state index is 0.0711. The van der Waals surface area contributed by atoms with E-state index in [2.05, 4.69) is 26.0 Å². The number of ether oxygens (including phenoxy) is 1. The summed E-state index contributed by atoms with van der Waals surface area (Å²) in [4.78, 5) is 27.6. The molecule has 0 saturated heterocycles. The Labute approximate surface area is 111 Å². The molecule has 0 aliphatic rings. The van der Waals surface area contributed by atoms with Gasteiger partial charge in [-0.1, -0.05) is 0 Å². The van der Waals surface area contributed by atoms with Gasteiger partial charge < -0.3 is 4.74 Å². The van der Waals surface area contributed by atoms with Gasteiger partial charge in [0, 0.05) is 17.5 Å². The van der Waals surface area contributed by atoms with Crippen molar-refractivity contribution < 1.29 is 9.53 Å². The van der Waals surface area contributed by atoms with Crippen molar-refractivity contribution in [2.75, 3.05) is 6.61 Å². The largest absolute Gasteiger partial charge is 0.466 e. The van der Waals surface area contributed by atoms with Crippen molar-refractivity contribution in [3.05, 3.63) is 32.3 Å². The minimum atomic E-state index is -0.432. The van der Waals surface area contributed by atoms with E-state index in [-0.39, 0.29) is 12.0 Å². The summed E-state index contributed by atoms with van der Waals surface area (Å²) >= 11 is 3.34. The Bertz CT molecular complexity index is 659. The van der Waals surface area contributed by atoms with Gasteiger partial charge in [0.05, 0.1) is 17.5 Å². The molecule has 0 bridgehead atoms. The van der Waals surface area contributed by atoms with Crippen LogP contribution in [0.1, 0.15) is 18.2 Å².